The summed E-state index contributed by atoms with van der Waals surface area (Å²) in [4.78, 5) is 11.4. The van der Waals surface area contributed by atoms with Gasteiger partial charge in [0.05, 0.1) is 0 Å². The normalized spacial score (nSPS) is 18.3. The maximum Gasteiger partial charge on any atom is 0.224 e. The minimum absolute atomic E-state index is 0.0960. The van der Waals surface area contributed by atoms with Gasteiger partial charge in [0.15, 0.2) is 0 Å². The molecule has 1 amide bonds. The van der Waals surface area contributed by atoms with Crippen molar-refractivity contribution in [2.45, 2.75) is 26.7 Å². The number of carbonyl (C=O) groups is 1. The van der Waals surface area contributed by atoms with Gasteiger partial charge in [0.1, 0.15) is 0 Å². The maximum absolute atomic E-state index is 11.4. The molecule has 0 bridgehead atoms. The molecule has 13 heavy (non-hydrogen) atoms. The van der Waals surface area contributed by atoms with Crippen LogP contribution in [0.25, 0.3) is 0 Å². The van der Waals surface area contributed by atoms with E-state index in [2.05, 4.69) is 17.6 Å². The Hall–Kier alpha value is -0.570. The second-order valence-electron chi connectivity index (χ2n) is 3.90. The molecule has 0 radical (unpaired) electrons. The fraction of sp³-hybridized carbons (Fsp3) is 0.900. The molecular weight excluding hydrogens is 164 g/mol. The largest absolute Gasteiger partial charge is 0.356 e. The van der Waals surface area contributed by atoms with Gasteiger partial charge < -0.3 is 10.6 Å². The predicted octanol–water partition coefficient (Wildman–Crippen LogP) is 0.758. The minimum Gasteiger partial charge on any atom is -0.356 e. The monoisotopic (exact) mass is 184 g/mol. The Morgan fingerprint density at radius 1 is 1.54 bits per heavy atom. The first kappa shape index (κ1) is 10.5. The van der Waals surface area contributed by atoms with Crippen molar-refractivity contribution in [3.05, 3.63) is 0 Å². The number of rotatable bonds is 6. The van der Waals surface area contributed by atoms with Gasteiger partial charge in [0, 0.05) is 19.0 Å². The van der Waals surface area contributed by atoms with E-state index in [9.17, 15) is 4.79 Å². The Morgan fingerprint density at radius 2 is 2.23 bits per heavy atom. The highest BCUT2D eigenvalue weighted by molar-refractivity contribution is 5.78. The lowest BCUT2D eigenvalue weighted by atomic mass is 10.1. The van der Waals surface area contributed by atoms with Crippen molar-refractivity contribution in [2.75, 3.05) is 19.6 Å². The van der Waals surface area contributed by atoms with Crippen molar-refractivity contribution in [3.63, 3.8) is 0 Å². The average molecular weight is 184 g/mol. The molecular formula is C10H20N2O. The van der Waals surface area contributed by atoms with Crippen molar-refractivity contribution in [3.8, 4) is 0 Å². The predicted molar refractivity (Wildman–Crippen MR) is 53.4 cm³/mol. The van der Waals surface area contributed by atoms with Crippen molar-refractivity contribution < 1.29 is 4.79 Å². The molecule has 2 N–H and O–H groups in total. The van der Waals surface area contributed by atoms with E-state index < -0.39 is 0 Å². The van der Waals surface area contributed by atoms with E-state index >= 15 is 0 Å². The number of hydrogen-bond donors (Lipinski definition) is 2. The Bertz CT molecular complexity index is 166. The molecule has 0 saturated heterocycles. The highest BCUT2D eigenvalue weighted by atomic mass is 16.1. The summed E-state index contributed by atoms with van der Waals surface area (Å²) < 4.78 is 0. The standard InChI is InChI=1S/C10H20N2O/c1-3-11-6-8(2)10(13)12-7-9-4-5-9/h8-9,11H,3-7H2,1-2H3,(H,12,13). The van der Waals surface area contributed by atoms with Crippen LogP contribution < -0.4 is 10.6 Å². The average Bonchev–Trinajstić information content (AvgIpc) is 2.93. The van der Waals surface area contributed by atoms with Gasteiger partial charge in [-0.25, -0.2) is 0 Å². The van der Waals surface area contributed by atoms with Crippen LogP contribution in [0, 0.1) is 11.8 Å². The zero-order valence-corrected chi connectivity index (χ0v) is 8.60. The van der Waals surface area contributed by atoms with Crippen LogP contribution in [0.4, 0.5) is 0 Å². The van der Waals surface area contributed by atoms with E-state index in [1.807, 2.05) is 6.92 Å². The van der Waals surface area contributed by atoms with Gasteiger partial charge in [-0.3, -0.25) is 4.79 Å². The smallest absolute Gasteiger partial charge is 0.224 e. The fourth-order valence-electron chi connectivity index (χ4n) is 1.19. The maximum atomic E-state index is 11.4. The zero-order valence-electron chi connectivity index (χ0n) is 8.60. The summed E-state index contributed by atoms with van der Waals surface area (Å²) in [6, 6.07) is 0. The summed E-state index contributed by atoms with van der Waals surface area (Å²) in [6.45, 7) is 6.61. The van der Waals surface area contributed by atoms with Crippen LogP contribution in [0.3, 0.4) is 0 Å². The lowest BCUT2D eigenvalue weighted by Crippen LogP contribution is -2.36. The van der Waals surface area contributed by atoms with Crippen molar-refractivity contribution in [1.82, 2.24) is 10.6 Å². The van der Waals surface area contributed by atoms with Crippen LogP contribution in [0.5, 0.6) is 0 Å². The lowest BCUT2D eigenvalue weighted by Gasteiger charge is -2.11. The molecule has 0 heterocycles. The summed E-state index contributed by atoms with van der Waals surface area (Å²) in [5, 5.41) is 6.15. The van der Waals surface area contributed by atoms with E-state index in [0.29, 0.717) is 0 Å². The molecule has 1 aliphatic carbocycles. The molecule has 0 aromatic carbocycles. The highest BCUT2D eigenvalue weighted by Gasteiger charge is 2.22. The molecule has 3 nitrogen and oxygen atoms in total. The van der Waals surface area contributed by atoms with Crippen LogP contribution in [0.1, 0.15) is 26.7 Å². The van der Waals surface area contributed by atoms with Crippen molar-refractivity contribution in [1.29, 1.82) is 0 Å². The Morgan fingerprint density at radius 3 is 2.77 bits per heavy atom. The summed E-state index contributed by atoms with van der Waals surface area (Å²) in [7, 11) is 0. The van der Waals surface area contributed by atoms with Crippen LogP contribution in [-0.4, -0.2) is 25.5 Å². The molecule has 0 aromatic rings. The molecule has 1 fully saturated rings. The number of hydrogen-bond acceptors (Lipinski definition) is 2. The first-order valence-electron chi connectivity index (χ1n) is 5.22. The van der Waals surface area contributed by atoms with E-state index in [1.54, 1.807) is 0 Å². The number of carbonyl (C=O) groups excluding carboxylic acids is 1. The van der Waals surface area contributed by atoms with E-state index in [4.69, 9.17) is 0 Å². The molecule has 1 aliphatic rings. The molecule has 1 saturated carbocycles. The third-order valence-electron chi connectivity index (χ3n) is 2.41. The zero-order chi connectivity index (χ0) is 9.68. The second kappa shape index (κ2) is 5.22. The van der Waals surface area contributed by atoms with Gasteiger partial charge in [-0.1, -0.05) is 13.8 Å². The van der Waals surface area contributed by atoms with Crippen molar-refractivity contribution >= 4 is 5.91 Å². The number of nitrogens with one attached hydrogen (secondary N) is 2. The first-order chi connectivity index (χ1) is 6.24. The van der Waals surface area contributed by atoms with E-state index in [0.717, 1.165) is 25.6 Å². The van der Waals surface area contributed by atoms with Gasteiger partial charge in [0.2, 0.25) is 5.91 Å². The molecule has 1 unspecified atom stereocenters. The minimum atomic E-state index is 0.0960. The highest BCUT2D eigenvalue weighted by Crippen LogP contribution is 2.27. The number of amides is 1. The summed E-state index contributed by atoms with van der Waals surface area (Å²) in [5.74, 6) is 1.06. The summed E-state index contributed by atoms with van der Waals surface area (Å²) in [6.07, 6.45) is 2.59. The molecule has 0 aliphatic heterocycles. The third-order valence-corrected chi connectivity index (χ3v) is 2.41. The Labute approximate surface area is 80.3 Å². The molecule has 1 rings (SSSR count). The lowest BCUT2D eigenvalue weighted by molar-refractivity contribution is -0.124. The fourth-order valence-corrected chi connectivity index (χ4v) is 1.19. The molecule has 1 atom stereocenters. The first-order valence-corrected chi connectivity index (χ1v) is 5.22. The van der Waals surface area contributed by atoms with Crippen LogP contribution in [-0.2, 0) is 4.79 Å². The van der Waals surface area contributed by atoms with Gasteiger partial charge in [-0.15, -0.1) is 0 Å². The summed E-state index contributed by atoms with van der Waals surface area (Å²) >= 11 is 0. The van der Waals surface area contributed by atoms with Gasteiger partial charge >= 0.3 is 0 Å². The topological polar surface area (TPSA) is 41.1 Å². The SMILES string of the molecule is CCNCC(C)C(=O)NCC1CC1. The van der Waals surface area contributed by atoms with Crippen LogP contribution >= 0.6 is 0 Å². The van der Waals surface area contributed by atoms with E-state index in [1.165, 1.54) is 12.8 Å². The van der Waals surface area contributed by atoms with Crippen LogP contribution in [0.2, 0.25) is 0 Å². The third kappa shape index (κ3) is 4.27. The summed E-state index contributed by atoms with van der Waals surface area (Å²) in [5.41, 5.74) is 0. The molecule has 76 valence electrons. The second-order valence-corrected chi connectivity index (χ2v) is 3.90. The quantitative estimate of drug-likeness (QED) is 0.640. The molecule has 3 heteroatoms. The van der Waals surface area contributed by atoms with Crippen molar-refractivity contribution in [2.24, 2.45) is 11.8 Å². The van der Waals surface area contributed by atoms with Gasteiger partial charge in [-0.2, -0.15) is 0 Å². The Kier molecular flexibility index (Phi) is 4.22. The van der Waals surface area contributed by atoms with E-state index in [-0.39, 0.29) is 11.8 Å². The Balaban J connectivity index is 2.05. The molecule has 0 spiro atoms. The van der Waals surface area contributed by atoms with Crippen LogP contribution in [0.15, 0.2) is 0 Å². The van der Waals surface area contributed by atoms with Gasteiger partial charge in [-0.05, 0) is 25.3 Å². The van der Waals surface area contributed by atoms with Gasteiger partial charge in [0.25, 0.3) is 0 Å². The molecule has 0 aromatic heterocycles.